The van der Waals surface area contributed by atoms with Crippen molar-refractivity contribution in [1.29, 1.82) is 0 Å². The molecule has 7 nitrogen and oxygen atoms in total. The van der Waals surface area contributed by atoms with E-state index in [1.54, 1.807) is 16.7 Å². The summed E-state index contributed by atoms with van der Waals surface area (Å²) in [6.07, 6.45) is -1.01. The van der Waals surface area contributed by atoms with Crippen LogP contribution < -0.4 is 5.43 Å². The minimum atomic E-state index is -1.01. The number of rotatable bonds is 7. The first kappa shape index (κ1) is 23.7. The Labute approximate surface area is 206 Å². The first-order valence-electron chi connectivity index (χ1n) is 10.5. The summed E-state index contributed by atoms with van der Waals surface area (Å²) >= 11 is 7.25. The Morgan fingerprint density at radius 3 is 2.38 bits per heavy atom. The van der Waals surface area contributed by atoms with Gasteiger partial charge in [0.15, 0.2) is 16.7 Å². The molecule has 0 spiro atoms. The van der Waals surface area contributed by atoms with Crippen LogP contribution in [0.25, 0.3) is 5.69 Å². The molecule has 1 aromatic heterocycles. The summed E-state index contributed by atoms with van der Waals surface area (Å²) in [6, 6.07) is 24.1. The fourth-order valence-corrected chi connectivity index (χ4v) is 4.18. The van der Waals surface area contributed by atoms with Gasteiger partial charge in [0.25, 0.3) is 0 Å². The van der Waals surface area contributed by atoms with Gasteiger partial charge >= 0.3 is 0 Å². The fourth-order valence-electron chi connectivity index (χ4n) is 3.23. The van der Waals surface area contributed by atoms with E-state index in [0.717, 1.165) is 23.0 Å². The Morgan fingerprint density at radius 1 is 1.03 bits per heavy atom. The number of hydrogen-bond donors (Lipinski definition) is 2. The van der Waals surface area contributed by atoms with Crippen molar-refractivity contribution in [2.45, 2.75) is 25.1 Å². The molecule has 0 aliphatic rings. The summed E-state index contributed by atoms with van der Waals surface area (Å²) < 4.78 is 1.73. The number of hydrogen-bond acceptors (Lipinski definition) is 7. The highest BCUT2D eigenvalue weighted by Gasteiger charge is 2.24. The van der Waals surface area contributed by atoms with Gasteiger partial charge in [-0.1, -0.05) is 66.2 Å². The third-order valence-corrected chi connectivity index (χ3v) is 6.50. The quantitative estimate of drug-likeness (QED) is 0.155. The van der Waals surface area contributed by atoms with Crippen LogP contribution in [0.15, 0.2) is 89.1 Å². The topological polar surface area (TPSA) is 92.4 Å². The van der Waals surface area contributed by atoms with Gasteiger partial charge in [-0.05, 0) is 54.1 Å². The third-order valence-electron chi connectivity index (χ3n) is 5.07. The van der Waals surface area contributed by atoms with E-state index in [-0.39, 0.29) is 10.8 Å². The zero-order valence-corrected chi connectivity index (χ0v) is 20.1. The maximum atomic E-state index is 12.4. The number of hydrazone groups is 1. The van der Waals surface area contributed by atoms with E-state index in [9.17, 15) is 9.90 Å². The number of benzene rings is 3. The summed E-state index contributed by atoms with van der Waals surface area (Å²) in [5.41, 5.74) is 5.87. The molecule has 1 heterocycles. The molecule has 0 amide bonds. The van der Waals surface area contributed by atoms with Crippen molar-refractivity contribution < 1.29 is 9.90 Å². The molecule has 0 fully saturated rings. The molecule has 0 radical (unpaired) electrons. The average Bonchev–Trinajstić information content (AvgIpc) is 3.28. The molecule has 34 heavy (non-hydrogen) atoms. The molecule has 0 aliphatic carbocycles. The number of para-hydroxylation sites is 1. The maximum absolute atomic E-state index is 12.4. The van der Waals surface area contributed by atoms with Crippen molar-refractivity contribution in [3.8, 4) is 5.69 Å². The van der Waals surface area contributed by atoms with Crippen molar-refractivity contribution in [2.24, 2.45) is 5.10 Å². The van der Waals surface area contributed by atoms with Gasteiger partial charge in [0.05, 0.1) is 5.69 Å². The fraction of sp³-hybridized carbons (Fsp3) is 0.120. The van der Waals surface area contributed by atoms with Crippen LogP contribution in [-0.4, -0.2) is 30.7 Å². The van der Waals surface area contributed by atoms with Crippen molar-refractivity contribution in [2.75, 3.05) is 5.43 Å². The molecule has 1 unspecified atom stereocenters. The van der Waals surface area contributed by atoms with Crippen LogP contribution in [0.2, 0.25) is 5.02 Å². The van der Waals surface area contributed by atoms with E-state index in [2.05, 4.69) is 20.7 Å². The predicted octanol–water partition coefficient (Wildman–Crippen LogP) is 5.42. The number of nitrogens with one attached hydrogen (secondary N) is 1. The normalized spacial score (nSPS) is 12.4. The van der Waals surface area contributed by atoms with Gasteiger partial charge in [0.2, 0.25) is 5.16 Å². The second-order valence-corrected chi connectivity index (χ2v) is 8.79. The Morgan fingerprint density at radius 2 is 1.71 bits per heavy atom. The van der Waals surface area contributed by atoms with Crippen LogP contribution in [0.1, 0.15) is 30.0 Å². The standard InChI is InChI=1S/C25H22ClN5O2S/c1-16-20(26)14-9-15-21(16)27-29-24(17(2)32)34-25-30-28-23(22(33)18-10-5-3-6-11-18)31(25)19-12-7-4-8-13-19/h3-15,22,27,33H,1-2H3/b29-24+. The van der Waals surface area contributed by atoms with E-state index < -0.39 is 6.10 Å². The van der Waals surface area contributed by atoms with E-state index >= 15 is 0 Å². The van der Waals surface area contributed by atoms with Gasteiger partial charge in [-0.25, -0.2) is 0 Å². The maximum Gasteiger partial charge on any atom is 0.202 e. The SMILES string of the molecule is CC(=O)/C(=N\Nc1cccc(Cl)c1C)Sc1nnc(C(O)c2ccccc2)n1-c1ccccc1. The lowest BCUT2D eigenvalue weighted by atomic mass is 10.1. The lowest BCUT2D eigenvalue weighted by Crippen LogP contribution is -2.12. The van der Waals surface area contributed by atoms with Gasteiger partial charge in [0, 0.05) is 17.6 Å². The smallest absolute Gasteiger partial charge is 0.202 e. The van der Waals surface area contributed by atoms with Gasteiger partial charge in [-0.15, -0.1) is 10.2 Å². The predicted molar refractivity (Wildman–Crippen MR) is 136 cm³/mol. The van der Waals surface area contributed by atoms with Crippen molar-refractivity contribution in [3.05, 3.63) is 101 Å². The summed E-state index contributed by atoms with van der Waals surface area (Å²) in [6.45, 7) is 3.30. The molecule has 4 aromatic rings. The number of nitrogens with zero attached hydrogens (tertiary/aromatic N) is 4. The summed E-state index contributed by atoms with van der Waals surface area (Å²) in [5, 5.41) is 25.1. The zero-order valence-electron chi connectivity index (χ0n) is 18.5. The number of Topliss-reactive ketones (excluding diaryl/α,β-unsaturated/α-hetero) is 1. The monoisotopic (exact) mass is 491 g/mol. The first-order valence-corrected chi connectivity index (χ1v) is 11.7. The summed E-state index contributed by atoms with van der Waals surface area (Å²) in [4.78, 5) is 12.4. The molecule has 9 heteroatoms. The molecule has 3 aromatic carbocycles. The minimum absolute atomic E-state index is 0.185. The van der Waals surface area contributed by atoms with Crippen LogP contribution in [0.3, 0.4) is 0 Å². The lowest BCUT2D eigenvalue weighted by molar-refractivity contribution is -0.110. The molecule has 0 bridgehead atoms. The number of thioether (sulfide) groups is 1. The average molecular weight is 492 g/mol. The van der Waals surface area contributed by atoms with Gasteiger partial charge in [-0.2, -0.15) is 5.10 Å². The highest BCUT2D eigenvalue weighted by molar-refractivity contribution is 8.15. The van der Waals surface area contributed by atoms with Crippen molar-refractivity contribution >= 4 is 39.9 Å². The van der Waals surface area contributed by atoms with E-state index in [1.807, 2.05) is 73.7 Å². The molecular weight excluding hydrogens is 470 g/mol. The highest BCUT2D eigenvalue weighted by atomic mass is 35.5. The molecule has 0 aliphatic heterocycles. The molecule has 2 N–H and O–H groups in total. The number of aromatic nitrogens is 3. The van der Waals surface area contributed by atoms with Gasteiger partial charge < -0.3 is 5.11 Å². The van der Waals surface area contributed by atoms with Gasteiger partial charge in [-0.3, -0.25) is 14.8 Å². The molecule has 0 saturated carbocycles. The Hall–Kier alpha value is -3.46. The first-order chi connectivity index (χ1) is 16.5. The summed E-state index contributed by atoms with van der Waals surface area (Å²) in [7, 11) is 0. The molecule has 1 atom stereocenters. The third kappa shape index (κ3) is 5.20. The van der Waals surface area contributed by atoms with E-state index in [0.29, 0.717) is 27.3 Å². The lowest BCUT2D eigenvalue weighted by Gasteiger charge is -2.14. The molecule has 0 saturated heterocycles. The van der Waals surface area contributed by atoms with Crippen LogP contribution in [0.4, 0.5) is 5.69 Å². The number of halogens is 1. The Bertz CT molecular complexity index is 1330. The number of aliphatic hydroxyl groups excluding tert-OH is 1. The van der Waals surface area contributed by atoms with E-state index in [1.165, 1.54) is 6.92 Å². The highest BCUT2D eigenvalue weighted by Crippen LogP contribution is 2.29. The van der Waals surface area contributed by atoms with E-state index in [4.69, 9.17) is 11.6 Å². The zero-order chi connectivity index (χ0) is 24.1. The number of carbonyl (C=O) groups is 1. The Kier molecular flexibility index (Phi) is 7.42. The Balaban J connectivity index is 1.72. The van der Waals surface area contributed by atoms with Gasteiger partial charge in [0.1, 0.15) is 6.10 Å². The van der Waals surface area contributed by atoms with Crippen molar-refractivity contribution in [1.82, 2.24) is 14.8 Å². The van der Waals surface area contributed by atoms with Crippen LogP contribution in [-0.2, 0) is 4.79 Å². The van der Waals surface area contributed by atoms with Crippen LogP contribution in [0.5, 0.6) is 0 Å². The second-order valence-electron chi connectivity index (χ2n) is 7.42. The molecular formula is C25H22ClN5O2S. The van der Waals surface area contributed by atoms with Crippen LogP contribution in [0, 0.1) is 6.92 Å². The van der Waals surface area contributed by atoms with Crippen LogP contribution >= 0.6 is 23.4 Å². The number of ketones is 1. The molecule has 172 valence electrons. The number of anilines is 1. The summed E-state index contributed by atoms with van der Waals surface area (Å²) in [5.74, 6) is 0.0893. The van der Waals surface area contributed by atoms with Crippen molar-refractivity contribution in [3.63, 3.8) is 0 Å². The molecule has 4 rings (SSSR count). The number of aliphatic hydroxyl groups is 1. The largest absolute Gasteiger partial charge is 0.380 e. The second kappa shape index (κ2) is 10.6. The minimum Gasteiger partial charge on any atom is -0.380 e. The number of carbonyl (C=O) groups excluding carboxylic acids is 1.